The van der Waals surface area contributed by atoms with Gasteiger partial charge < -0.3 is 5.32 Å². The van der Waals surface area contributed by atoms with Gasteiger partial charge in [0, 0.05) is 28.4 Å². The van der Waals surface area contributed by atoms with E-state index in [0.29, 0.717) is 6.54 Å². The summed E-state index contributed by atoms with van der Waals surface area (Å²) in [4.78, 5) is 17.3. The minimum absolute atomic E-state index is 0.0574. The van der Waals surface area contributed by atoms with E-state index in [2.05, 4.69) is 39.9 Å². The summed E-state index contributed by atoms with van der Waals surface area (Å²) in [6.07, 6.45) is 4.24. The summed E-state index contributed by atoms with van der Waals surface area (Å²) in [7, 11) is 0. The van der Waals surface area contributed by atoms with E-state index in [-0.39, 0.29) is 5.91 Å². The van der Waals surface area contributed by atoms with Crippen molar-refractivity contribution in [2.24, 2.45) is 0 Å². The van der Waals surface area contributed by atoms with Gasteiger partial charge in [0.05, 0.1) is 10.7 Å². The number of hydrogen-bond donors (Lipinski definition) is 1. The maximum Gasteiger partial charge on any atom is 0.244 e. The first-order valence-electron chi connectivity index (χ1n) is 7.71. The summed E-state index contributed by atoms with van der Waals surface area (Å²) >= 11 is 3.28. The SMILES string of the molecule is Cc1nc(-c2ccc(CCNC(=O)/C=C/c3cccs3)cc2)cs1. The lowest BCUT2D eigenvalue weighted by Gasteiger charge is -2.04. The van der Waals surface area contributed by atoms with Gasteiger partial charge in [0.25, 0.3) is 0 Å². The zero-order valence-corrected chi connectivity index (χ0v) is 15.0. The van der Waals surface area contributed by atoms with Crippen LogP contribution in [0.1, 0.15) is 15.4 Å². The molecule has 0 aliphatic carbocycles. The Morgan fingerprint density at radius 2 is 2.04 bits per heavy atom. The minimum atomic E-state index is -0.0574. The van der Waals surface area contributed by atoms with Crippen LogP contribution < -0.4 is 5.32 Å². The molecule has 0 aliphatic rings. The van der Waals surface area contributed by atoms with Crippen LogP contribution in [-0.4, -0.2) is 17.4 Å². The van der Waals surface area contributed by atoms with Crippen LogP contribution in [-0.2, 0) is 11.2 Å². The van der Waals surface area contributed by atoms with Crippen molar-refractivity contribution >= 4 is 34.7 Å². The number of rotatable bonds is 6. The van der Waals surface area contributed by atoms with Crippen LogP contribution in [0.3, 0.4) is 0 Å². The summed E-state index contributed by atoms with van der Waals surface area (Å²) in [5, 5.41) is 8.06. The maximum absolute atomic E-state index is 11.8. The maximum atomic E-state index is 11.8. The number of nitrogens with one attached hydrogen (secondary N) is 1. The molecule has 3 rings (SSSR count). The van der Waals surface area contributed by atoms with E-state index in [9.17, 15) is 4.79 Å². The van der Waals surface area contributed by atoms with Crippen molar-refractivity contribution in [3.63, 3.8) is 0 Å². The van der Waals surface area contributed by atoms with E-state index >= 15 is 0 Å². The van der Waals surface area contributed by atoms with Gasteiger partial charge in [0.2, 0.25) is 5.91 Å². The van der Waals surface area contributed by atoms with Crippen LogP contribution in [0, 0.1) is 6.92 Å². The van der Waals surface area contributed by atoms with Crippen molar-refractivity contribution in [2.45, 2.75) is 13.3 Å². The summed E-state index contributed by atoms with van der Waals surface area (Å²) in [6.45, 7) is 2.64. The molecule has 0 atom stereocenters. The van der Waals surface area contributed by atoms with Crippen molar-refractivity contribution < 1.29 is 4.79 Å². The third-order valence-corrected chi connectivity index (χ3v) is 5.13. The number of aromatic nitrogens is 1. The number of thiazole rings is 1. The highest BCUT2D eigenvalue weighted by molar-refractivity contribution is 7.10. The third-order valence-electron chi connectivity index (χ3n) is 3.52. The molecule has 24 heavy (non-hydrogen) atoms. The van der Waals surface area contributed by atoms with Gasteiger partial charge in [-0.25, -0.2) is 4.98 Å². The summed E-state index contributed by atoms with van der Waals surface area (Å²) in [5.41, 5.74) is 3.36. The molecule has 0 unspecified atom stereocenters. The molecular weight excluding hydrogens is 336 g/mol. The number of carbonyl (C=O) groups excluding carboxylic acids is 1. The fourth-order valence-electron chi connectivity index (χ4n) is 2.27. The molecule has 2 heterocycles. The second-order valence-corrected chi connectivity index (χ2v) is 7.38. The molecule has 0 saturated heterocycles. The Labute approximate surface area is 149 Å². The van der Waals surface area contributed by atoms with E-state index < -0.39 is 0 Å². The molecule has 122 valence electrons. The first-order valence-corrected chi connectivity index (χ1v) is 9.47. The topological polar surface area (TPSA) is 42.0 Å². The average molecular weight is 354 g/mol. The molecule has 0 bridgehead atoms. The highest BCUT2D eigenvalue weighted by atomic mass is 32.1. The van der Waals surface area contributed by atoms with E-state index in [0.717, 1.165) is 27.6 Å². The number of nitrogens with zero attached hydrogens (tertiary/aromatic N) is 1. The van der Waals surface area contributed by atoms with E-state index in [4.69, 9.17) is 0 Å². The van der Waals surface area contributed by atoms with E-state index in [1.54, 1.807) is 28.7 Å². The number of thiophene rings is 1. The zero-order valence-electron chi connectivity index (χ0n) is 13.4. The highest BCUT2D eigenvalue weighted by Crippen LogP contribution is 2.21. The Morgan fingerprint density at radius 1 is 1.21 bits per heavy atom. The van der Waals surface area contributed by atoms with Crippen LogP contribution in [0.2, 0.25) is 0 Å². The average Bonchev–Trinajstić information content (AvgIpc) is 3.25. The molecule has 3 nitrogen and oxygen atoms in total. The number of hydrogen-bond acceptors (Lipinski definition) is 4. The smallest absolute Gasteiger partial charge is 0.244 e. The van der Waals surface area contributed by atoms with Crippen molar-refractivity contribution in [3.05, 3.63) is 68.7 Å². The van der Waals surface area contributed by atoms with Gasteiger partial charge >= 0.3 is 0 Å². The van der Waals surface area contributed by atoms with Gasteiger partial charge in [-0.1, -0.05) is 30.3 Å². The lowest BCUT2D eigenvalue weighted by atomic mass is 10.1. The summed E-state index contributed by atoms with van der Waals surface area (Å²) < 4.78 is 0. The molecule has 3 aromatic rings. The standard InChI is InChI=1S/C19H18N2OS2/c1-14-21-18(13-24-14)16-6-4-15(5-7-16)10-11-20-19(22)9-8-17-3-2-12-23-17/h2-9,12-13H,10-11H2,1H3,(H,20,22)/b9-8+. The minimum Gasteiger partial charge on any atom is -0.352 e. The van der Waals surface area contributed by atoms with Crippen LogP contribution >= 0.6 is 22.7 Å². The van der Waals surface area contributed by atoms with Crippen LogP contribution in [0.15, 0.2) is 53.2 Å². The monoisotopic (exact) mass is 354 g/mol. The largest absolute Gasteiger partial charge is 0.352 e. The quantitative estimate of drug-likeness (QED) is 0.660. The van der Waals surface area contributed by atoms with Gasteiger partial charge in [-0.3, -0.25) is 4.79 Å². The Morgan fingerprint density at radius 3 is 2.71 bits per heavy atom. The lowest BCUT2D eigenvalue weighted by molar-refractivity contribution is -0.116. The molecule has 0 radical (unpaired) electrons. The van der Waals surface area contributed by atoms with Crippen LogP contribution in [0.5, 0.6) is 0 Å². The number of aryl methyl sites for hydroxylation is 1. The Balaban J connectivity index is 1.47. The molecular formula is C19H18N2OS2. The second kappa shape index (κ2) is 8.04. The molecule has 0 fully saturated rings. The molecule has 2 aromatic heterocycles. The molecule has 1 amide bonds. The third kappa shape index (κ3) is 4.63. The van der Waals surface area contributed by atoms with Crippen molar-refractivity contribution in [3.8, 4) is 11.3 Å². The highest BCUT2D eigenvalue weighted by Gasteiger charge is 2.02. The van der Waals surface area contributed by atoms with Gasteiger partial charge in [-0.05, 0) is 36.4 Å². The van der Waals surface area contributed by atoms with Gasteiger partial charge in [-0.2, -0.15) is 0 Å². The molecule has 5 heteroatoms. The van der Waals surface area contributed by atoms with E-state index in [1.165, 1.54) is 5.56 Å². The first kappa shape index (κ1) is 16.6. The van der Waals surface area contributed by atoms with Gasteiger partial charge in [0.1, 0.15) is 0 Å². The fraction of sp³-hybridized carbons (Fsp3) is 0.158. The second-order valence-electron chi connectivity index (χ2n) is 5.34. The Bertz CT molecular complexity index is 817. The summed E-state index contributed by atoms with van der Waals surface area (Å²) in [5.74, 6) is -0.0574. The number of benzene rings is 1. The van der Waals surface area contributed by atoms with Gasteiger partial charge in [-0.15, -0.1) is 22.7 Å². The predicted octanol–water partition coefficient (Wildman–Crippen LogP) is 4.55. The van der Waals surface area contributed by atoms with Crippen molar-refractivity contribution in [2.75, 3.05) is 6.54 Å². The molecule has 0 aliphatic heterocycles. The lowest BCUT2D eigenvalue weighted by Crippen LogP contribution is -2.23. The van der Waals surface area contributed by atoms with Crippen LogP contribution in [0.4, 0.5) is 0 Å². The zero-order chi connectivity index (χ0) is 16.8. The van der Waals surface area contributed by atoms with Crippen molar-refractivity contribution in [1.29, 1.82) is 0 Å². The normalized spacial score (nSPS) is 11.0. The predicted molar refractivity (Wildman–Crippen MR) is 102 cm³/mol. The molecule has 1 aromatic carbocycles. The van der Waals surface area contributed by atoms with Crippen LogP contribution in [0.25, 0.3) is 17.3 Å². The fourth-order valence-corrected chi connectivity index (χ4v) is 3.51. The van der Waals surface area contributed by atoms with Gasteiger partial charge in [0.15, 0.2) is 0 Å². The summed E-state index contributed by atoms with van der Waals surface area (Å²) in [6, 6.07) is 12.3. The van der Waals surface area contributed by atoms with Crippen molar-refractivity contribution in [1.82, 2.24) is 10.3 Å². The van der Waals surface area contributed by atoms with E-state index in [1.807, 2.05) is 30.5 Å². The first-order chi connectivity index (χ1) is 11.7. The molecule has 1 N–H and O–H groups in total. The Kier molecular flexibility index (Phi) is 5.56. The molecule has 0 spiro atoms. The molecule has 0 saturated carbocycles. The Hall–Kier alpha value is -2.24. The number of amides is 1. The number of carbonyl (C=O) groups is 1.